The van der Waals surface area contributed by atoms with Gasteiger partial charge in [0, 0.05) is 0 Å². The lowest BCUT2D eigenvalue weighted by molar-refractivity contribution is -0.148. The highest BCUT2D eigenvalue weighted by atomic mass is 19.1. The van der Waals surface area contributed by atoms with Crippen molar-refractivity contribution in [3.63, 3.8) is 0 Å². The third kappa shape index (κ3) is 2.26. The van der Waals surface area contributed by atoms with Gasteiger partial charge in [0.25, 0.3) is 0 Å². The summed E-state index contributed by atoms with van der Waals surface area (Å²) >= 11 is 0. The lowest BCUT2D eigenvalue weighted by Crippen LogP contribution is -2.44. The number of amides is 1. The number of allylic oxidation sites excluding steroid dienone is 2. The van der Waals surface area contributed by atoms with Crippen molar-refractivity contribution >= 4 is 11.9 Å². The first-order valence-corrected chi connectivity index (χ1v) is 7.99. The van der Waals surface area contributed by atoms with Crippen LogP contribution in [0.4, 0.5) is 4.39 Å². The number of carbonyl (C=O) groups is 2. The summed E-state index contributed by atoms with van der Waals surface area (Å²) in [5, 5.41) is 12.5. The summed E-state index contributed by atoms with van der Waals surface area (Å²) in [5.74, 6) is -2.53. The smallest absolute Gasteiger partial charge is 0.307 e. The number of benzene rings is 1. The van der Waals surface area contributed by atoms with Crippen LogP contribution in [-0.4, -0.2) is 17.0 Å². The van der Waals surface area contributed by atoms with Gasteiger partial charge in [0.1, 0.15) is 5.82 Å². The summed E-state index contributed by atoms with van der Waals surface area (Å²) in [5.41, 5.74) is 0.442. The minimum absolute atomic E-state index is 0.0186. The number of halogens is 1. The summed E-state index contributed by atoms with van der Waals surface area (Å²) in [6.07, 6.45) is 6.27. The number of carbonyl (C=O) groups excluding carboxylic acids is 1. The van der Waals surface area contributed by atoms with Crippen LogP contribution in [0.25, 0.3) is 0 Å². The number of hydrogen-bond acceptors (Lipinski definition) is 2. The van der Waals surface area contributed by atoms with Gasteiger partial charge in [0.15, 0.2) is 0 Å². The normalized spacial score (nSPS) is 32.7. The van der Waals surface area contributed by atoms with Crippen molar-refractivity contribution in [2.24, 2.45) is 23.7 Å². The largest absolute Gasteiger partial charge is 0.481 e. The number of hydrogen-bond donors (Lipinski definition) is 2. The molecule has 0 saturated heterocycles. The fraction of sp³-hybridized carbons (Fsp3) is 0.444. The molecule has 1 aromatic rings. The molecule has 4 nitrogen and oxygen atoms in total. The Labute approximate surface area is 133 Å². The molecule has 0 spiro atoms. The molecule has 3 aliphatic carbocycles. The number of fused-ring (bicyclic) bond motifs is 2. The van der Waals surface area contributed by atoms with Crippen molar-refractivity contribution in [2.45, 2.75) is 24.8 Å². The topological polar surface area (TPSA) is 66.4 Å². The van der Waals surface area contributed by atoms with Gasteiger partial charge < -0.3 is 10.4 Å². The first-order chi connectivity index (χ1) is 11.0. The maximum atomic E-state index is 13.1. The second-order valence-electron chi connectivity index (χ2n) is 6.92. The van der Waals surface area contributed by atoms with Crippen LogP contribution in [0.5, 0.6) is 0 Å². The van der Waals surface area contributed by atoms with E-state index in [1.807, 2.05) is 12.2 Å². The molecule has 0 aromatic heterocycles. The molecule has 4 atom stereocenters. The van der Waals surface area contributed by atoms with E-state index in [-0.39, 0.29) is 23.6 Å². The Balaban J connectivity index is 1.55. The molecule has 2 fully saturated rings. The summed E-state index contributed by atoms with van der Waals surface area (Å²) < 4.78 is 13.1. The zero-order chi connectivity index (χ0) is 16.2. The number of carboxylic acids is 1. The van der Waals surface area contributed by atoms with Crippen LogP contribution in [0, 0.1) is 29.5 Å². The van der Waals surface area contributed by atoms with Gasteiger partial charge >= 0.3 is 5.97 Å². The average Bonchev–Trinajstić information content (AvgIpc) is 3.01. The molecular weight excluding hydrogens is 297 g/mol. The molecule has 1 aromatic carbocycles. The predicted molar refractivity (Wildman–Crippen MR) is 80.8 cm³/mol. The molecule has 3 aliphatic rings. The van der Waals surface area contributed by atoms with Crippen LogP contribution >= 0.6 is 0 Å². The second kappa shape index (κ2) is 4.91. The van der Waals surface area contributed by atoms with Crippen molar-refractivity contribution in [3.05, 3.63) is 47.8 Å². The molecule has 0 aliphatic heterocycles. The van der Waals surface area contributed by atoms with E-state index in [0.717, 1.165) is 24.8 Å². The molecule has 2 saturated carbocycles. The molecule has 4 unspecified atom stereocenters. The Hall–Kier alpha value is -2.17. The van der Waals surface area contributed by atoms with Gasteiger partial charge in [-0.05, 0) is 48.8 Å². The van der Waals surface area contributed by atoms with Crippen molar-refractivity contribution in [1.29, 1.82) is 0 Å². The third-order valence-corrected chi connectivity index (χ3v) is 5.56. The van der Waals surface area contributed by atoms with E-state index in [0.29, 0.717) is 0 Å². The van der Waals surface area contributed by atoms with Gasteiger partial charge in [0.05, 0.1) is 17.4 Å². The highest BCUT2D eigenvalue weighted by Crippen LogP contribution is 2.50. The van der Waals surface area contributed by atoms with Gasteiger partial charge in [-0.1, -0.05) is 24.3 Å². The zero-order valence-corrected chi connectivity index (χ0v) is 12.5. The highest BCUT2D eigenvalue weighted by Gasteiger charge is 2.54. The third-order valence-electron chi connectivity index (χ3n) is 5.56. The van der Waals surface area contributed by atoms with Crippen molar-refractivity contribution in [3.8, 4) is 0 Å². The van der Waals surface area contributed by atoms with Crippen molar-refractivity contribution in [1.82, 2.24) is 5.32 Å². The van der Waals surface area contributed by atoms with Crippen LogP contribution in [0.15, 0.2) is 36.4 Å². The van der Waals surface area contributed by atoms with Gasteiger partial charge in [-0.25, -0.2) is 4.39 Å². The minimum atomic E-state index is -0.895. The van der Waals surface area contributed by atoms with E-state index in [1.54, 1.807) is 12.1 Å². The molecule has 2 N–H and O–H groups in total. The maximum absolute atomic E-state index is 13.1. The van der Waals surface area contributed by atoms with Gasteiger partial charge in [-0.3, -0.25) is 9.59 Å². The molecule has 5 heteroatoms. The zero-order valence-electron chi connectivity index (χ0n) is 12.5. The van der Waals surface area contributed by atoms with Crippen LogP contribution in [0.1, 0.15) is 24.8 Å². The number of carboxylic acid groups (broad SMARTS) is 1. The van der Waals surface area contributed by atoms with Gasteiger partial charge in [-0.2, -0.15) is 0 Å². The fourth-order valence-electron chi connectivity index (χ4n) is 4.22. The van der Waals surface area contributed by atoms with E-state index in [1.165, 1.54) is 12.1 Å². The molecule has 0 heterocycles. The fourth-order valence-corrected chi connectivity index (χ4v) is 4.22. The summed E-state index contributed by atoms with van der Waals surface area (Å²) in [7, 11) is 0. The predicted octanol–water partition coefficient (Wildman–Crippen LogP) is 2.45. The molecule has 0 radical (unpaired) electrons. The van der Waals surface area contributed by atoms with E-state index in [2.05, 4.69) is 5.32 Å². The summed E-state index contributed by atoms with van der Waals surface area (Å²) in [6, 6.07) is 6.17. The second-order valence-corrected chi connectivity index (χ2v) is 6.92. The van der Waals surface area contributed by atoms with E-state index in [4.69, 9.17) is 0 Å². The standard InChI is InChI=1S/C18H18FNO3/c19-13-5-3-12(4-6-13)18(7-8-18)20-16(21)14-10-1-2-11(9-10)15(14)17(22)23/h1-6,10-11,14-15H,7-9H2,(H,20,21)(H,22,23). The quantitative estimate of drug-likeness (QED) is 0.839. The maximum Gasteiger partial charge on any atom is 0.307 e. The lowest BCUT2D eigenvalue weighted by Gasteiger charge is -2.27. The van der Waals surface area contributed by atoms with E-state index in [9.17, 15) is 19.1 Å². The van der Waals surface area contributed by atoms with Gasteiger partial charge in [0.2, 0.25) is 5.91 Å². The van der Waals surface area contributed by atoms with Crippen LogP contribution < -0.4 is 5.32 Å². The lowest BCUT2D eigenvalue weighted by atomic mass is 9.82. The van der Waals surface area contributed by atoms with Crippen molar-refractivity contribution < 1.29 is 19.1 Å². The van der Waals surface area contributed by atoms with Crippen LogP contribution in [0.2, 0.25) is 0 Å². The molecule has 2 bridgehead atoms. The first kappa shape index (κ1) is 14.4. The van der Waals surface area contributed by atoms with E-state index >= 15 is 0 Å². The molecule has 4 rings (SSSR count). The van der Waals surface area contributed by atoms with Crippen LogP contribution in [0.3, 0.4) is 0 Å². The first-order valence-electron chi connectivity index (χ1n) is 7.99. The Morgan fingerprint density at radius 2 is 1.70 bits per heavy atom. The van der Waals surface area contributed by atoms with E-state index < -0.39 is 23.3 Å². The SMILES string of the molecule is O=C(O)C1C2C=CC(C2)C1C(=O)NC1(c2ccc(F)cc2)CC1. The van der Waals surface area contributed by atoms with Gasteiger partial charge in [-0.15, -0.1) is 0 Å². The molecule has 23 heavy (non-hydrogen) atoms. The summed E-state index contributed by atoms with van der Waals surface area (Å²) in [6.45, 7) is 0. The molecule has 1 amide bonds. The highest BCUT2D eigenvalue weighted by molar-refractivity contribution is 5.87. The summed E-state index contributed by atoms with van der Waals surface area (Å²) in [4.78, 5) is 24.3. The minimum Gasteiger partial charge on any atom is -0.481 e. The number of aliphatic carboxylic acids is 1. The Bertz CT molecular complexity index is 693. The monoisotopic (exact) mass is 315 g/mol. The molecule has 120 valence electrons. The Morgan fingerprint density at radius 1 is 1.09 bits per heavy atom. The number of rotatable bonds is 4. The average molecular weight is 315 g/mol. The van der Waals surface area contributed by atoms with Crippen LogP contribution in [-0.2, 0) is 15.1 Å². The Morgan fingerprint density at radius 3 is 2.26 bits per heavy atom. The van der Waals surface area contributed by atoms with Crippen molar-refractivity contribution in [2.75, 3.05) is 0 Å². The molecular formula is C18H18FNO3. The number of nitrogens with one attached hydrogen (secondary N) is 1. The Kier molecular flexibility index (Phi) is 3.08.